The third-order valence-electron chi connectivity index (χ3n) is 0.805. The van der Waals surface area contributed by atoms with Crippen LogP contribution in [0, 0.1) is 0 Å². The predicted octanol–water partition coefficient (Wildman–Crippen LogP) is 1.85. The first-order valence-electron chi connectivity index (χ1n) is 3.34. The number of alkyl halides is 1. The Kier molecular flexibility index (Phi) is 7.23. The Hall–Kier alpha value is -0.260. The van der Waals surface area contributed by atoms with E-state index in [1.807, 2.05) is 0 Å². The molecule has 1 N–H and O–H groups in total. The second-order valence-corrected chi connectivity index (χ2v) is 3.24. The van der Waals surface area contributed by atoms with Crippen LogP contribution in [0.25, 0.3) is 0 Å². The summed E-state index contributed by atoms with van der Waals surface area (Å²) in [6.45, 7) is 1.93. The molecule has 0 aliphatic heterocycles. The summed E-state index contributed by atoms with van der Waals surface area (Å²) in [5.41, 5.74) is 0.523. The van der Waals surface area contributed by atoms with Gasteiger partial charge in [-0.3, -0.25) is 4.79 Å². The average Bonchev–Trinajstić information content (AvgIpc) is 2.53. The van der Waals surface area contributed by atoms with Gasteiger partial charge in [0.1, 0.15) is 10.7 Å². The van der Waals surface area contributed by atoms with Gasteiger partial charge in [-0.05, 0) is 6.92 Å². The molecular formula is C7H10BrNO2S. The molecule has 0 aliphatic carbocycles. The minimum Gasteiger partial charge on any atom is -0.397 e. The molecule has 0 atom stereocenters. The number of rotatable bonds is 2. The summed E-state index contributed by atoms with van der Waals surface area (Å²) < 4.78 is 0. The Balaban J connectivity index is 0.000000354. The summed E-state index contributed by atoms with van der Waals surface area (Å²) in [7, 11) is 0. The van der Waals surface area contributed by atoms with E-state index in [0.29, 0.717) is 5.69 Å². The molecule has 1 rings (SSSR count). The van der Waals surface area contributed by atoms with Crippen molar-refractivity contribution in [3.8, 4) is 0 Å². The first kappa shape index (κ1) is 11.7. The van der Waals surface area contributed by atoms with E-state index in [-0.39, 0.29) is 6.61 Å². The number of hydrogen-bond acceptors (Lipinski definition) is 4. The highest BCUT2D eigenvalue weighted by Gasteiger charge is 1.96. The summed E-state index contributed by atoms with van der Waals surface area (Å²) >= 11 is 4.72. The number of hydrogen-bond donors (Lipinski definition) is 1. The molecule has 0 aromatic carbocycles. The Morgan fingerprint density at radius 1 is 1.83 bits per heavy atom. The maximum absolute atomic E-state index is 10.1. The summed E-state index contributed by atoms with van der Waals surface area (Å²) in [6, 6.07) is 0. The van der Waals surface area contributed by atoms with Gasteiger partial charge in [-0.25, -0.2) is 4.98 Å². The van der Waals surface area contributed by atoms with E-state index in [2.05, 4.69) is 20.9 Å². The predicted molar refractivity (Wildman–Crippen MR) is 52.9 cm³/mol. The molecule has 0 amide bonds. The van der Waals surface area contributed by atoms with E-state index >= 15 is 0 Å². The van der Waals surface area contributed by atoms with E-state index in [9.17, 15) is 4.79 Å². The number of aromatic nitrogens is 1. The Morgan fingerprint density at radius 3 is 2.67 bits per heavy atom. The number of aliphatic hydroxyl groups is 1. The minimum atomic E-state index is 0.250. The molecule has 0 saturated carbocycles. The van der Waals surface area contributed by atoms with E-state index in [0.717, 1.165) is 16.6 Å². The third-order valence-corrected chi connectivity index (χ3v) is 2.57. The van der Waals surface area contributed by atoms with Gasteiger partial charge in [-0.15, -0.1) is 11.3 Å². The van der Waals surface area contributed by atoms with Gasteiger partial charge in [0.05, 0.1) is 5.33 Å². The maximum atomic E-state index is 10.1. The third kappa shape index (κ3) is 4.58. The van der Waals surface area contributed by atoms with Crippen molar-refractivity contribution < 1.29 is 9.90 Å². The smallest absolute Gasteiger partial charge is 0.169 e. The molecule has 0 bridgehead atoms. The molecule has 0 saturated heterocycles. The lowest BCUT2D eigenvalue weighted by molar-refractivity contribution is 0.111. The van der Waals surface area contributed by atoms with Gasteiger partial charge in [0.2, 0.25) is 0 Å². The summed E-state index contributed by atoms with van der Waals surface area (Å²) in [4.78, 5) is 14.0. The SMILES string of the molecule is CCO.O=Cc1csc(CBr)n1. The highest BCUT2D eigenvalue weighted by atomic mass is 79.9. The fourth-order valence-electron chi connectivity index (χ4n) is 0.441. The van der Waals surface area contributed by atoms with Crippen molar-refractivity contribution in [2.45, 2.75) is 12.3 Å². The molecule has 68 valence electrons. The zero-order chi connectivity index (χ0) is 9.40. The van der Waals surface area contributed by atoms with Crippen molar-refractivity contribution in [2.75, 3.05) is 6.61 Å². The molecule has 1 aromatic rings. The highest BCUT2D eigenvalue weighted by Crippen LogP contribution is 2.10. The monoisotopic (exact) mass is 251 g/mol. The molecule has 0 spiro atoms. The largest absolute Gasteiger partial charge is 0.397 e. The fourth-order valence-corrected chi connectivity index (χ4v) is 1.55. The quantitative estimate of drug-likeness (QED) is 0.645. The molecule has 0 unspecified atom stereocenters. The zero-order valence-corrected chi connectivity index (χ0v) is 9.06. The lowest BCUT2D eigenvalue weighted by Gasteiger charge is -1.77. The van der Waals surface area contributed by atoms with Crippen molar-refractivity contribution >= 4 is 33.6 Å². The molecule has 0 radical (unpaired) electrons. The average molecular weight is 252 g/mol. The minimum absolute atomic E-state index is 0.250. The van der Waals surface area contributed by atoms with Gasteiger partial charge in [0.25, 0.3) is 0 Å². The van der Waals surface area contributed by atoms with Crippen LogP contribution >= 0.6 is 27.3 Å². The van der Waals surface area contributed by atoms with Crippen LogP contribution in [0.2, 0.25) is 0 Å². The van der Waals surface area contributed by atoms with E-state index in [1.54, 1.807) is 12.3 Å². The second kappa shape index (κ2) is 7.39. The summed E-state index contributed by atoms with van der Waals surface area (Å²) in [6.07, 6.45) is 0.753. The van der Waals surface area contributed by atoms with E-state index in [1.165, 1.54) is 11.3 Å². The normalized spacial score (nSPS) is 8.58. The van der Waals surface area contributed by atoms with Crippen molar-refractivity contribution in [1.29, 1.82) is 0 Å². The number of carbonyl (C=O) groups is 1. The molecule has 1 aromatic heterocycles. The second-order valence-electron chi connectivity index (χ2n) is 1.73. The van der Waals surface area contributed by atoms with Gasteiger partial charge < -0.3 is 5.11 Å². The number of halogens is 1. The standard InChI is InChI=1S/C5H4BrNOS.C2H6O/c6-1-5-7-4(2-8)3-9-5;1-2-3/h2-3H,1H2;3H,2H2,1H3. The van der Waals surface area contributed by atoms with Crippen LogP contribution in [-0.4, -0.2) is 23.0 Å². The Bertz CT molecular complexity index is 227. The molecule has 0 fully saturated rings. The van der Waals surface area contributed by atoms with Crippen molar-refractivity contribution in [2.24, 2.45) is 0 Å². The van der Waals surface area contributed by atoms with Crippen LogP contribution in [0.1, 0.15) is 22.4 Å². The van der Waals surface area contributed by atoms with Crippen LogP contribution in [-0.2, 0) is 5.33 Å². The molecule has 0 aliphatic rings. The van der Waals surface area contributed by atoms with E-state index < -0.39 is 0 Å². The van der Waals surface area contributed by atoms with Gasteiger partial charge in [-0.2, -0.15) is 0 Å². The number of carbonyl (C=O) groups excluding carboxylic acids is 1. The van der Waals surface area contributed by atoms with Crippen molar-refractivity contribution in [3.63, 3.8) is 0 Å². The van der Waals surface area contributed by atoms with Crippen molar-refractivity contribution in [3.05, 3.63) is 16.1 Å². The molecule has 12 heavy (non-hydrogen) atoms. The van der Waals surface area contributed by atoms with Gasteiger partial charge in [-0.1, -0.05) is 15.9 Å². The number of aldehydes is 1. The molecule has 5 heteroatoms. The Labute approximate surface area is 83.6 Å². The maximum Gasteiger partial charge on any atom is 0.169 e. The topological polar surface area (TPSA) is 50.2 Å². The van der Waals surface area contributed by atoms with Gasteiger partial charge in [0.15, 0.2) is 6.29 Å². The first-order valence-corrected chi connectivity index (χ1v) is 5.35. The van der Waals surface area contributed by atoms with Crippen LogP contribution in [0.3, 0.4) is 0 Å². The molecule has 1 heterocycles. The fraction of sp³-hybridized carbons (Fsp3) is 0.429. The molecular weight excluding hydrogens is 242 g/mol. The van der Waals surface area contributed by atoms with Crippen LogP contribution in [0.4, 0.5) is 0 Å². The van der Waals surface area contributed by atoms with Gasteiger partial charge in [0, 0.05) is 12.0 Å². The van der Waals surface area contributed by atoms with Crippen LogP contribution in [0.5, 0.6) is 0 Å². The lowest BCUT2D eigenvalue weighted by atomic mass is 10.6. The van der Waals surface area contributed by atoms with Crippen LogP contribution in [0.15, 0.2) is 5.38 Å². The van der Waals surface area contributed by atoms with Gasteiger partial charge >= 0.3 is 0 Å². The number of nitrogens with zero attached hydrogens (tertiary/aromatic N) is 1. The van der Waals surface area contributed by atoms with Crippen molar-refractivity contribution in [1.82, 2.24) is 4.98 Å². The highest BCUT2D eigenvalue weighted by molar-refractivity contribution is 9.08. The van der Waals surface area contributed by atoms with E-state index in [4.69, 9.17) is 5.11 Å². The number of aliphatic hydroxyl groups excluding tert-OH is 1. The number of thiazole rings is 1. The first-order chi connectivity index (χ1) is 5.78. The van der Waals surface area contributed by atoms with Crippen LogP contribution < -0.4 is 0 Å². The zero-order valence-electron chi connectivity index (χ0n) is 6.66. The summed E-state index contributed by atoms with van der Waals surface area (Å²) in [5, 5.41) is 11.0. The lowest BCUT2D eigenvalue weighted by Crippen LogP contribution is -1.78. The molecule has 3 nitrogen and oxygen atoms in total. The summed E-state index contributed by atoms with van der Waals surface area (Å²) in [5.74, 6) is 0. The Morgan fingerprint density at radius 2 is 2.42 bits per heavy atom.